The lowest BCUT2D eigenvalue weighted by atomic mass is 9.77. The molecule has 0 spiro atoms. The van der Waals surface area contributed by atoms with E-state index in [1.54, 1.807) is 0 Å². The van der Waals surface area contributed by atoms with E-state index in [9.17, 15) is 14.4 Å². The van der Waals surface area contributed by atoms with Crippen LogP contribution in [0.4, 0.5) is 5.69 Å². The molecule has 1 atom stereocenters. The first-order valence-electron chi connectivity index (χ1n) is 9.44. The maximum atomic E-state index is 12.3. The molecule has 3 rings (SSSR count). The van der Waals surface area contributed by atoms with Crippen LogP contribution in [0.1, 0.15) is 50.0 Å². The number of nitrogens with zero attached hydrogens (tertiary/aromatic N) is 2. The van der Waals surface area contributed by atoms with Crippen LogP contribution < -0.4 is 4.90 Å². The smallest absolute Gasteiger partial charge is 0.305 e. The molecule has 0 N–H and O–H groups in total. The van der Waals surface area contributed by atoms with Crippen LogP contribution in [0.2, 0.25) is 0 Å². The molecular weight excluding hydrogens is 344 g/mol. The third-order valence-electron chi connectivity index (χ3n) is 5.75. The van der Waals surface area contributed by atoms with Gasteiger partial charge in [0.1, 0.15) is 0 Å². The molecule has 27 heavy (non-hydrogen) atoms. The first-order valence-corrected chi connectivity index (χ1v) is 9.44. The van der Waals surface area contributed by atoms with Gasteiger partial charge >= 0.3 is 5.97 Å². The molecule has 6 nitrogen and oxygen atoms in total. The predicted octanol–water partition coefficient (Wildman–Crippen LogP) is 2.97. The second-order valence-electron chi connectivity index (χ2n) is 7.36. The van der Waals surface area contributed by atoms with E-state index in [-0.39, 0.29) is 18.2 Å². The highest BCUT2D eigenvalue weighted by atomic mass is 16.5. The Balaban J connectivity index is 1.61. The molecule has 1 aliphatic carbocycles. The van der Waals surface area contributed by atoms with Gasteiger partial charge in [0.25, 0.3) is 5.91 Å². The third kappa shape index (κ3) is 4.19. The summed E-state index contributed by atoms with van der Waals surface area (Å²) in [6.07, 6.45) is 4.81. The number of ether oxygens (including phenoxy) is 1. The number of esters is 1. The van der Waals surface area contributed by atoms with Crippen molar-refractivity contribution in [3.05, 3.63) is 29.8 Å². The lowest BCUT2D eigenvalue weighted by Gasteiger charge is -2.30. The van der Waals surface area contributed by atoms with E-state index in [1.165, 1.54) is 17.6 Å². The first kappa shape index (κ1) is 19.1. The number of hydrogen-bond donors (Lipinski definition) is 0. The van der Waals surface area contributed by atoms with Crippen molar-refractivity contribution >= 4 is 23.3 Å². The summed E-state index contributed by atoms with van der Waals surface area (Å²) in [5, 5.41) is 9.06. The van der Waals surface area contributed by atoms with Crippen LogP contribution >= 0.6 is 0 Å². The maximum absolute atomic E-state index is 12.3. The fraction of sp³-hybridized carbons (Fsp3) is 0.524. The van der Waals surface area contributed by atoms with E-state index in [0.29, 0.717) is 24.8 Å². The van der Waals surface area contributed by atoms with E-state index in [0.717, 1.165) is 31.4 Å². The minimum absolute atomic E-state index is 0.136. The molecule has 1 aromatic rings. The molecule has 0 aromatic heterocycles. The standard InChI is InChI=1S/C21H24N2O4/c1-27-20(25)12-14-2-4-15(5-3-14)16-6-8-17(9-7-16)23-11-10-19(24)18(13-22)21(23)26/h6-9,14-15,18H,2-5,10-12H2,1H3. The zero-order valence-corrected chi connectivity index (χ0v) is 15.5. The van der Waals surface area contributed by atoms with Crippen molar-refractivity contribution in [3.63, 3.8) is 0 Å². The summed E-state index contributed by atoms with van der Waals surface area (Å²) in [7, 11) is 1.43. The van der Waals surface area contributed by atoms with Gasteiger partial charge < -0.3 is 9.64 Å². The summed E-state index contributed by atoms with van der Waals surface area (Å²) in [6.45, 7) is 0.327. The van der Waals surface area contributed by atoms with Crippen molar-refractivity contribution in [1.82, 2.24) is 0 Å². The van der Waals surface area contributed by atoms with Gasteiger partial charge in [0, 0.05) is 25.1 Å². The number of benzene rings is 1. The zero-order valence-electron chi connectivity index (χ0n) is 15.5. The zero-order chi connectivity index (χ0) is 19.4. The highest BCUT2D eigenvalue weighted by Crippen LogP contribution is 2.37. The number of nitriles is 1. The van der Waals surface area contributed by atoms with Gasteiger partial charge in [-0.05, 0) is 55.2 Å². The van der Waals surface area contributed by atoms with E-state index in [1.807, 2.05) is 30.3 Å². The number of methoxy groups -OCH3 is 1. The molecule has 2 aliphatic rings. The molecule has 1 aromatic carbocycles. The monoisotopic (exact) mass is 368 g/mol. The van der Waals surface area contributed by atoms with Crippen molar-refractivity contribution in [2.45, 2.75) is 44.4 Å². The van der Waals surface area contributed by atoms with Crippen LogP contribution in [0.3, 0.4) is 0 Å². The Morgan fingerprint density at radius 3 is 2.44 bits per heavy atom. The molecule has 0 bridgehead atoms. The summed E-state index contributed by atoms with van der Waals surface area (Å²) in [6, 6.07) is 9.68. The van der Waals surface area contributed by atoms with Crippen molar-refractivity contribution in [2.24, 2.45) is 11.8 Å². The number of ketones is 1. The van der Waals surface area contributed by atoms with E-state index >= 15 is 0 Å². The van der Waals surface area contributed by atoms with Crippen LogP contribution in [0.25, 0.3) is 0 Å². The SMILES string of the molecule is COC(=O)CC1CCC(c2ccc(N3CCC(=O)C(C#N)C3=O)cc2)CC1. The minimum atomic E-state index is -1.18. The Labute approximate surface area is 159 Å². The molecule has 2 fully saturated rings. The summed E-state index contributed by atoms with van der Waals surface area (Å²) in [4.78, 5) is 37.0. The van der Waals surface area contributed by atoms with Crippen LogP contribution in [0.15, 0.2) is 24.3 Å². The molecule has 1 saturated carbocycles. The van der Waals surface area contributed by atoms with Gasteiger partial charge in [-0.1, -0.05) is 12.1 Å². The van der Waals surface area contributed by atoms with Gasteiger partial charge in [-0.15, -0.1) is 0 Å². The number of carbonyl (C=O) groups excluding carboxylic acids is 3. The summed E-state index contributed by atoms with van der Waals surface area (Å²) < 4.78 is 4.75. The van der Waals surface area contributed by atoms with Crippen LogP contribution in [-0.4, -0.2) is 31.3 Å². The summed E-state index contributed by atoms with van der Waals surface area (Å²) >= 11 is 0. The number of Topliss-reactive ketones (excluding diaryl/α,β-unsaturated/α-hetero) is 1. The van der Waals surface area contributed by atoms with E-state index < -0.39 is 11.8 Å². The summed E-state index contributed by atoms with van der Waals surface area (Å²) in [5.74, 6) is -1.17. The Morgan fingerprint density at radius 1 is 1.19 bits per heavy atom. The average molecular weight is 368 g/mol. The second-order valence-corrected chi connectivity index (χ2v) is 7.36. The second kappa shape index (κ2) is 8.34. The van der Waals surface area contributed by atoms with Gasteiger partial charge in [0.05, 0.1) is 13.2 Å². The molecular formula is C21H24N2O4. The van der Waals surface area contributed by atoms with Crippen molar-refractivity contribution in [2.75, 3.05) is 18.6 Å². The average Bonchev–Trinajstić information content (AvgIpc) is 2.69. The lowest BCUT2D eigenvalue weighted by Crippen LogP contribution is -2.45. The molecule has 1 saturated heterocycles. The molecule has 6 heteroatoms. The van der Waals surface area contributed by atoms with Crippen molar-refractivity contribution in [3.8, 4) is 6.07 Å². The molecule has 1 aliphatic heterocycles. The normalized spacial score (nSPS) is 25.8. The Hall–Kier alpha value is -2.68. The highest BCUT2D eigenvalue weighted by Gasteiger charge is 2.36. The quantitative estimate of drug-likeness (QED) is 0.602. The van der Waals surface area contributed by atoms with Gasteiger partial charge in [-0.25, -0.2) is 0 Å². The molecule has 1 amide bonds. The number of amides is 1. The van der Waals surface area contributed by atoms with Crippen molar-refractivity contribution in [1.29, 1.82) is 5.26 Å². The topological polar surface area (TPSA) is 87.5 Å². The van der Waals surface area contributed by atoms with E-state index in [2.05, 4.69) is 0 Å². The van der Waals surface area contributed by atoms with E-state index in [4.69, 9.17) is 10.00 Å². The first-order chi connectivity index (χ1) is 13.0. The Morgan fingerprint density at radius 2 is 1.85 bits per heavy atom. The van der Waals surface area contributed by atoms with Crippen molar-refractivity contribution < 1.29 is 19.1 Å². The van der Waals surface area contributed by atoms with Crippen LogP contribution in [0, 0.1) is 23.2 Å². The molecule has 1 unspecified atom stereocenters. The number of hydrogen-bond acceptors (Lipinski definition) is 5. The number of carbonyl (C=O) groups is 3. The number of rotatable bonds is 4. The fourth-order valence-electron chi connectivity index (χ4n) is 4.10. The third-order valence-corrected chi connectivity index (χ3v) is 5.75. The number of anilines is 1. The lowest BCUT2D eigenvalue weighted by molar-refractivity contribution is -0.142. The van der Waals surface area contributed by atoms with Gasteiger partial charge in [-0.3, -0.25) is 14.4 Å². The van der Waals surface area contributed by atoms with Gasteiger partial charge in [-0.2, -0.15) is 5.26 Å². The maximum Gasteiger partial charge on any atom is 0.305 e. The summed E-state index contributed by atoms with van der Waals surface area (Å²) in [5.41, 5.74) is 1.96. The minimum Gasteiger partial charge on any atom is -0.469 e. The fourth-order valence-corrected chi connectivity index (χ4v) is 4.10. The van der Waals surface area contributed by atoms with Gasteiger partial charge in [0.2, 0.25) is 0 Å². The molecule has 0 radical (unpaired) electrons. The predicted molar refractivity (Wildman–Crippen MR) is 98.9 cm³/mol. The Bertz CT molecular complexity index is 757. The molecule has 142 valence electrons. The molecule has 1 heterocycles. The van der Waals surface area contributed by atoms with Gasteiger partial charge in [0.15, 0.2) is 11.7 Å². The number of piperidine rings is 1. The van der Waals surface area contributed by atoms with Crippen LogP contribution in [-0.2, 0) is 19.1 Å². The largest absolute Gasteiger partial charge is 0.469 e. The Kier molecular flexibility index (Phi) is 5.90. The highest BCUT2D eigenvalue weighted by molar-refractivity contribution is 6.13. The van der Waals surface area contributed by atoms with Crippen LogP contribution in [0.5, 0.6) is 0 Å².